The van der Waals surface area contributed by atoms with Crippen LogP contribution in [0.2, 0.25) is 0 Å². The fraction of sp³-hybridized carbons (Fsp3) is 0.576. The summed E-state index contributed by atoms with van der Waals surface area (Å²) in [7, 11) is 0. The Hall–Kier alpha value is -7.48. The minimum absolute atomic E-state index is 0.117. The van der Waals surface area contributed by atoms with Crippen molar-refractivity contribution in [2.45, 2.75) is 208 Å². The van der Waals surface area contributed by atoms with Gasteiger partial charge in [0.2, 0.25) is 23.6 Å². The van der Waals surface area contributed by atoms with Crippen molar-refractivity contribution >= 4 is 79.6 Å². The summed E-state index contributed by atoms with van der Waals surface area (Å²) in [6.07, 6.45) is 22.0. The van der Waals surface area contributed by atoms with Crippen LogP contribution in [-0.4, -0.2) is 160 Å². The minimum atomic E-state index is -1.41. The van der Waals surface area contributed by atoms with E-state index < -0.39 is 89.2 Å². The molecule has 0 unspecified atom stereocenters. The van der Waals surface area contributed by atoms with Crippen molar-refractivity contribution in [1.29, 1.82) is 0 Å². The van der Waals surface area contributed by atoms with Crippen LogP contribution in [0.25, 0.3) is 22.5 Å². The van der Waals surface area contributed by atoms with E-state index in [1.54, 1.807) is 11.7 Å². The van der Waals surface area contributed by atoms with Gasteiger partial charge in [-0.1, -0.05) is 111 Å². The summed E-state index contributed by atoms with van der Waals surface area (Å²) in [6.45, 7) is 2.20. The number of alkyl carbamates (subject to hydrolysis) is 2. The maximum atomic E-state index is 14.4. The number of halogens is 2. The van der Waals surface area contributed by atoms with E-state index >= 15 is 0 Å². The Morgan fingerprint density at radius 3 is 1.42 bits per heavy atom. The van der Waals surface area contributed by atoms with Crippen molar-refractivity contribution in [1.82, 2.24) is 61.1 Å². The first kappa shape index (κ1) is 66.0. The van der Waals surface area contributed by atoms with Gasteiger partial charge in [0.15, 0.2) is 9.21 Å². The summed E-state index contributed by atoms with van der Waals surface area (Å²) in [5.41, 5.74) is 0.431. The molecule has 12 rings (SSSR count). The predicted molar refractivity (Wildman–Crippen MR) is 343 cm³/mol. The molecule has 24 nitrogen and oxygen atoms in total. The number of ether oxygens (including phenoxy) is 3. The van der Waals surface area contributed by atoms with Gasteiger partial charge >= 0.3 is 24.1 Å². The molecule has 0 bridgehead atoms. The van der Waals surface area contributed by atoms with E-state index in [0.29, 0.717) is 59.1 Å². The number of carboxylic acids is 1. The average Bonchev–Trinajstić information content (AvgIpc) is 1.59. The summed E-state index contributed by atoms with van der Waals surface area (Å²) in [4.78, 5) is 114. The van der Waals surface area contributed by atoms with Gasteiger partial charge in [-0.15, -0.1) is 10.2 Å². The molecule has 0 spiro atoms. The molecule has 8 aliphatic rings. The molecule has 2 aromatic carbocycles. The third-order valence-corrected chi connectivity index (χ3v) is 20.3. The van der Waals surface area contributed by atoms with E-state index in [9.17, 15) is 43.5 Å². The number of amides is 6. The number of nitrogens with one attached hydrogen (secondary N) is 4. The van der Waals surface area contributed by atoms with Crippen LogP contribution in [0, 0.1) is 11.8 Å². The second kappa shape index (κ2) is 29.6. The zero-order chi connectivity index (χ0) is 64.5. The molecular weight excluding hydrogens is 1310 g/mol. The fourth-order valence-electron chi connectivity index (χ4n) is 13.9. The Balaban J connectivity index is 0.000000189. The Morgan fingerprint density at radius 2 is 0.989 bits per heavy atom. The van der Waals surface area contributed by atoms with Crippen LogP contribution in [0.15, 0.2) is 94.2 Å². The number of esters is 1. The highest BCUT2D eigenvalue weighted by atomic mass is 79.9. The summed E-state index contributed by atoms with van der Waals surface area (Å²) in [5.74, 6) is -3.82. The number of hydrogen-bond acceptors (Lipinski definition) is 15. The van der Waals surface area contributed by atoms with E-state index in [1.807, 2.05) is 78.9 Å². The molecule has 4 aromatic rings. The number of allylic oxidation sites excluding steroid dienone is 2. The monoisotopic (exact) mass is 1390 g/mol. The molecule has 6 fully saturated rings. The first-order chi connectivity index (χ1) is 44.5. The molecule has 92 heavy (non-hydrogen) atoms. The van der Waals surface area contributed by atoms with Crippen molar-refractivity contribution < 1.29 is 57.7 Å². The van der Waals surface area contributed by atoms with Gasteiger partial charge in [0.25, 0.3) is 0 Å². The molecule has 6 amide bonds. The lowest BCUT2D eigenvalue weighted by Gasteiger charge is -2.30. The number of rotatable bonds is 11. The summed E-state index contributed by atoms with van der Waals surface area (Å²) >= 11 is 7.04. The number of carboxylic acid groups (broad SMARTS) is 1. The van der Waals surface area contributed by atoms with Crippen LogP contribution in [-0.2, 0) is 43.0 Å². The molecule has 492 valence electrons. The third kappa shape index (κ3) is 15.3. The molecule has 26 heteroatoms. The SMILES string of the molecule is CCOC(=O)[C@@]12C[C@H]1/C=C\CCCCC[C@H](NC(=O)OC1CCCC1)C(=O)N1C[C@H](n3nc(Br)c(-c4ccccc4)n3)C[C@H]1C(=O)N2.O=C(N[C@H]1CCCCC/C=C\[C@@H]2C[C@@]2(C(=O)O)NC(=O)[C@@H]2C[C@@H](n3nc(Br)c(-c4ccccc4)n3)CN2C1=O)OC1CCCC1. The van der Waals surface area contributed by atoms with E-state index in [-0.39, 0.29) is 62.5 Å². The fourth-order valence-corrected chi connectivity index (χ4v) is 14.8. The molecule has 10 atom stereocenters. The number of aromatic nitrogens is 6. The van der Waals surface area contributed by atoms with Crippen LogP contribution < -0.4 is 21.3 Å². The number of hydrogen-bond donors (Lipinski definition) is 5. The van der Waals surface area contributed by atoms with Crippen molar-refractivity contribution in [3.05, 3.63) is 94.2 Å². The molecule has 0 radical (unpaired) electrons. The third-order valence-electron chi connectivity index (χ3n) is 19.2. The molecule has 2 saturated heterocycles. The number of carbonyl (C=O) groups excluding carboxylic acids is 7. The molecule has 6 heterocycles. The summed E-state index contributed by atoms with van der Waals surface area (Å²) in [6, 6.07) is 14.6. The number of benzene rings is 2. The standard InChI is InChI=1S/C34H43BrN6O6.C32H39BrN6O6/c1-2-46-32(44)34-20-23(34)15-9-4-3-5-10-18-26(36-33(45)47-25-16-11-12-17-25)31(43)40-21-24(19-27(40)30(42)37-34)41-38-28(29(35)39-41)22-13-7-6-8-14-22;33-27-26(20-11-5-4-6-12-20)36-39(37-27)22-17-25-28(40)35-32(30(42)43)18-21(32)13-7-2-1-3-8-16-24(29(41)38(25)19-22)34-31(44)45-23-14-9-10-15-23/h6-9,13-15,23-27H,2-5,10-12,16-21H2,1H3,(H,36,45)(H,37,42);4-7,11-13,21-25H,1-3,8-10,14-19H2,(H,34,44)(H,35,40)(H,42,43)/b15-9-;13-7-/t23-,24-,26+,27+,34-;21-,22-,24+,25+,32-/m11/s1. The van der Waals surface area contributed by atoms with Crippen LogP contribution in [0.3, 0.4) is 0 Å². The minimum Gasteiger partial charge on any atom is -0.479 e. The first-order valence-corrected chi connectivity index (χ1v) is 34.4. The lowest BCUT2D eigenvalue weighted by Crippen LogP contribution is -2.56. The number of carbonyl (C=O) groups is 8. The number of aliphatic carboxylic acids is 1. The molecule has 4 aliphatic heterocycles. The van der Waals surface area contributed by atoms with Crippen LogP contribution >= 0.6 is 31.9 Å². The molecule has 4 saturated carbocycles. The smallest absolute Gasteiger partial charge is 0.408 e. The number of fused-ring (bicyclic) bond motifs is 4. The van der Waals surface area contributed by atoms with Crippen LogP contribution in [0.1, 0.15) is 160 Å². The van der Waals surface area contributed by atoms with Crippen LogP contribution in [0.5, 0.6) is 0 Å². The van der Waals surface area contributed by atoms with Gasteiger partial charge in [0.1, 0.15) is 58.8 Å². The number of nitrogens with zero attached hydrogens (tertiary/aromatic N) is 8. The predicted octanol–water partition coefficient (Wildman–Crippen LogP) is 9.21. The average molecular weight is 1400 g/mol. The van der Waals surface area contributed by atoms with Crippen LogP contribution in [0.4, 0.5) is 9.59 Å². The Labute approximate surface area is 551 Å². The van der Waals surface area contributed by atoms with Crippen molar-refractivity contribution in [3.8, 4) is 22.5 Å². The van der Waals surface area contributed by atoms with Gasteiger partial charge in [-0.05, 0) is 142 Å². The highest BCUT2D eigenvalue weighted by molar-refractivity contribution is 9.10. The summed E-state index contributed by atoms with van der Waals surface area (Å²) < 4.78 is 17.8. The van der Waals surface area contributed by atoms with Gasteiger partial charge in [0.05, 0.1) is 18.7 Å². The van der Waals surface area contributed by atoms with E-state index in [4.69, 9.17) is 24.4 Å². The quantitative estimate of drug-likeness (QED) is 0.0531. The second-order valence-corrected chi connectivity index (χ2v) is 27.1. The van der Waals surface area contributed by atoms with E-state index in [0.717, 1.165) is 101 Å². The Kier molecular flexibility index (Phi) is 21.3. The topological polar surface area (TPSA) is 300 Å². The highest BCUT2D eigenvalue weighted by Gasteiger charge is 2.63. The summed E-state index contributed by atoms with van der Waals surface area (Å²) in [5, 5.41) is 40.2. The normalized spacial score (nSPS) is 29.5. The van der Waals surface area contributed by atoms with Gasteiger partial charge < -0.3 is 50.4 Å². The Bertz CT molecular complexity index is 3390. The molecule has 2 aromatic heterocycles. The van der Waals surface area contributed by atoms with Gasteiger partial charge in [-0.3, -0.25) is 19.2 Å². The van der Waals surface area contributed by atoms with Crippen molar-refractivity contribution in [2.75, 3.05) is 19.7 Å². The molecular formula is C66H82Br2N12O12. The van der Waals surface area contributed by atoms with Crippen molar-refractivity contribution in [2.24, 2.45) is 11.8 Å². The largest absolute Gasteiger partial charge is 0.479 e. The molecule has 5 N–H and O–H groups in total. The Morgan fingerprint density at radius 1 is 0.576 bits per heavy atom. The maximum Gasteiger partial charge on any atom is 0.408 e. The lowest BCUT2D eigenvalue weighted by atomic mass is 10.0. The first-order valence-electron chi connectivity index (χ1n) is 32.8. The highest BCUT2D eigenvalue weighted by Crippen LogP contribution is 2.48. The maximum absolute atomic E-state index is 14.4. The molecule has 4 aliphatic carbocycles. The van der Waals surface area contributed by atoms with Gasteiger partial charge in [-0.2, -0.15) is 19.8 Å². The van der Waals surface area contributed by atoms with Gasteiger partial charge in [0, 0.05) is 48.9 Å². The lowest BCUT2D eigenvalue weighted by molar-refractivity contribution is -0.150. The van der Waals surface area contributed by atoms with E-state index in [1.165, 1.54) is 14.6 Å². The zero-order valence-electron chi connectivity index (χ0n) is 51.8. The zero-order valence-corrected chi connectivity index (χ0v) is 55.0. The second-order valence-electron chi connectivity index (χ2n) is 25.6. The van der Waals surface area contributed by atoms with E-state index in [2.05, 4.69) is 69.4 Å². The van der Waals surface area contributed by atoms with Crippen molar-refractivity contribution in [3.63, 3.8) is 0 Å². The van der Waals surface area contributed by atoms with Gasteiger partial charge in [-0.25, -0.2) is 19.2 Å².